The number of nitrogens with one attached hydrogen (secondary N) is 3. The van der Waals surface area contributed by atoms with E-state index in [9.17, 15) is 4.79 Å². The summed E-state index contributed by atoms with van der Waals surface area (Å²) >= 11 is 0. The maximum atomic E-state index is 11.5. The summed E-state index contributed by atoms with van der Waals surface area (Å²) in [5.74, 6) is 0.511. The number of hydrogen-bond donors (Lipinski definition) is 4. The van der Waals surface area contributed by atoms with Crippen molar-refractivity contribution in [1.82, 2.24) is 19.9 Å². The predicted octanol–water partition coefficient (Wildman–Crippen LogP) is 0.798. The Bertz CT molecular complexity index is 818. The number of benzene rings is 1. The van der Waals surface area contributed by atoms with Crippen molar-refractivity contribution in [2.75, 3.05) is 5.43 Å². The van der Waals surface area contributed by atoms with Gasteiger partial charge in [0.15, 0.2) is 11.2 Å². The molecule has 0 fully saturated rings. The van der Waals surface area contributed by atoms with Gasteiger partial charge >= 0.3 is 0 Å². The van der Waals surface area contributed by atoms with Crippen molar-refractivity contribution in [3.8, 4) is 5.75 Å². The predicted molar refractivity (Wildman–Crippen MR) is 73.8 cm³/mol. The number of nitrogens with zero attached hydrogens (tertiary/aromatic N) is 3. The number of imidazole rings is 1. The van der Waals surface area contributed by atoms with Crippen LogP contribution in [0.4, 0.5) is 5.95 Å². The summed E-state index contributed by atoms with van der Waals surface area (Å²) in [5, 5.41) is 13.1. The Kier molecular flexibility index (Phi) is 2.88. The van der Waals surface area contributed by atoms with Crippen LogP contribution < -0.4 is 11.0 Å². The first-order chi connectivity index (χ1) is 9.72. The van der Waals surface area contributed by atoms with Gasteiger partial charge in [-0.05, 0) is 29.8 Å². The number of aromatic nitrogens is 4. The first-order valence-corrected chi connectivity index (χ1v) is 5.74. The van der Waals surface area contributed by atoms with E-state index in [0.29, 0.717) is 11.6 Å². The molecular formula is C12H10N6O2. The van der Waals surface area contributed by atoms with Crippen molar-refractivity contribution in [3.63, 3.8) is 0 Å². The minimum atomic E-state index is -0.293. The molecule has 0 radical (unpaired) electrons. The maximum absolute atomic E-state index is 11.5. The number of anilines is 1. The van der Waals surface area contributed by atoms with E-state index in [0.717, 1.165) is 5.56 Å². The molecule has 0 unspecified atom stereocenters. The molecule has 2 heterocycles. The number of H-pyrrole nitrogens is 2. The van der Waals surface area contributed by atoms with E-state index < -0.39 is 0 Å². The standard InChI is InChI=1S/C12H10N6O2/c19-8-3-1-7(2-4-8)5-15-18-12-16-9-10(17-12)13-6-14-11(9)20/h1-6,19H,(H3,13,14,16,17,18,20). The van der Waals surface area contributed by atoms with Crippen molar-refractivity contribution in [3.05, 3.63) is 46.5 Å². The molecule has 20 heavy (non-hydrogen) atoms. The fraction of sp³-hybridized carbons (Fsp3) is 0. The molecule has 0 aliphatic carbocycles. The molecule has 0 saturated heterocycles. The summed E-state index contributed by atoms with van der Waals surface area (Å²) in [6.45, 7) is 0. The minimum Gasteiger partial charge on any atom is -0.508 e. The first-order valence-electron chi connectivity index (χ1n) is 5.74. The summed E-state index contributed by atoms with van der Waals surface area (Å²) in [6, 6.07) is 6.55. The van der Waals surface area contributed by atoms with Crippen LogP contribution in [0.3, 0.4) is 0 Å². The number of phenols is 1. The number of aromatic hydroxyl groups is 1. The summed E-state index contributed by atoms with van der Waals surface area (Å²) < 4.78 is 0. The third kappa shape index (κ3) is 2.34. The van der Waals surface area contributed by atoms with Crippen LogP contribution in [-0.2, 0) is 0 Å². The van der Waals surface area contributed by atoms with Crippen molar-refractivity contribution in [2.24, 2.45) is 5.10 Å². The Morgan fingerprint density at radius 2 is 2.10 bits per heavy atom. The molecule has 2 aromatic heterocycles. The molecule has 8 nitrogen and oxygen atoms in total. The summed E-state index contributed by atoms with van der Waals surface area (Å²) in [5.41, 5.74) is 3.79. The zero-order valence-electron chi connectivity index (χ0n) is 10.2. The number of rotatable bonds is 3. The fourth-order valence-electron chi connectivity index (χ4n) is 1.62. The molecule has 3 rings (SSSR count). The topological polar surface area (TPSA) is 119 Å². The van der Waals surface area contributed by atoms with Gasteiger partial charge < -0.3 is 15.1 Å². The summed E-state index contributed by atoms with van der Waals surface area (Å²) in [6.07, 6.45) is 2.85. The van der Waals surface area contributed by atoms with E-state index in [1.54, 1.807) is 30.5 Å². The molecule has 0 aliphatic rings. The second-order valence-electron chi connectivity index (χ2n) is 3.98. The lowest BCUT2D eigenvalue weighted by molar-refractivity contribution is 0.475. The minimum absolute atomic E-state index is 0.192. The van der Waals surface area contributed by atoms with E-state index in [-0.39, 0.29) is 16.8 Å². The lowest BCUT2D eigenvalue weighted by atomic mass is 10.2. The van der Waals surface area contributed by atoms with Crippen molar-refractivity contribution >= 4 is 23.3 Å². The molecule has 0 amide bonds. The van der Waals surface area contributed by atoms with Crippen molar-refractivity contribution < 1.29 is 5.11 Å². The quantitative estimate of drug-likeness (QED) is 0.414. The van der Waals surface area contributed by atoms with E-state index in [1.165, 1.54) is 6.33 Å². The third-order valence-electron chi connectivity index (χ3n) is 2.57. The Morgan fingerprint density at radius 3 is 2.85 bits per heavy atom. The van der Waals surface area contributed by atoms with Gasteiger partial charge in [0, 0.05) is 0 Å². The van der Waals surface area contributed by atoms with Crippen molar-refractivity contribution in [1.29, 1.82) is 0 Å². The number of hydrazone groups is 1. The lowest BCUT2D eigenvalue weighted by Crippen LogP contribution is -2.05. The van der Waals surface area contributed by atoms with Gasteiger partial charge in [0.1, 0.15) is 5.75 Å². The largest absolute Gasteiger partial charge is 0.508 e. The first kappa shape index (κ1) is 11.9. The molecule has 0 spiro atoms. The van der Waals surface area contributed by atoms with Crippen LogP contribution in [0.15, 0.2) is 40.5 Å². The Balaban J connectivity index is 1.78. The zero-order chi connectivity index (χ0) is 13.9. The second kappa shape index (κ2) is 4.84. The average molecular weight is 270 g/mol. The zero-order valence-corrected chi connectivity index (χ0v) is 10.2. The summed E-state index contributed by atoms with van der Waals surface area (Å²) in [4.78, 5) is 24.7. The van der Waals surface area contributed by atoms with Gasteiger partial charge in [0.25, 0.3) is 5.56 Å². The van der Waals surface area contributed by atoms with Crippen molar-refractivity contribution in [2.45, 2.75) is 0 Å². The molecule has 0 aliphatic heterocycles. The van der Waals surface area contributed by atoms with Gasteiger partial charge in [0.2, 0.25) is 5.95 Å². The molecule has 100 valence electrons. The van der Waals surface area contributed by atoms with Gasteiger partial charge in [-0.25, -0.2) is 10.4 Å². The SMILES string of the molecule is O=c1[nH]cnc2nc(NN=Cc3ccc(O)cc3)[nH]c12. The number of aromatic amines is 2. The van der Waals surface area contributed by atoms with Crippen LogP contribution in [0.2, 0.25) is 0 Å². The normalized spacial score (nSPS) is 11.2. The Morgan fingerprint density at radius 1 is 1.30 bits per heavy atom. The monoisotopic (exact) mass is 270 g/mol. The summed E-state index contributed by atoms with van der Waals surface area (Å²) in [7, 11) is 0. The second-order valence-corrected chi connectivity index (χ2v) is 3.98. The van der Waals surface area contributed by atoms with Crippen LogP contribution in [-0.4, -0.2) is 31.3 Å². The van der Waals surface area contributed by atoms with E-state index in [1.807, 2.05) is 0 Å². The molecule has 1 aromatic carbocycles. The Hall–Kier alpha value is -3.16. The molecule has 0 atom stereocenters. The lowest BCUT2D eigenvalue weighted by Gasteiger charge is -1.94. The molecular weight excluding hydrogens is 260 g/mol. The van der Waals surface area contributed by atoms with Gasteiger partial charge in [-0.3, -0.25) is 4.79 Å². The van der Waals surface area contributed by atoms with Crippen LogP contribution in [0, 0.1) is 0 Å². The molecule has 0 bridgehead atoms. The molecule has 3 aromatic rings. The van der Waals surface area contributed by atoms with Crippen LogP contribution >= 0.6 is 0 Å². The van der Waals surface area contributed by atoms with Crippen LogP contribution in [0.5, 0.6) is 5.75 Å². The highest BCUT2D eigenvalue weighted by atomic mass is 16.3. The molecule has 4 N–H and O–H groups in total. The highest BCUT2D eigenvalue weighted by Crippen LogP contribution is 2.09. The highest BCUT2D eigenvalue weighted by molar-refractivity contribution is 5.80. The van der Waals surface area contributed by atoms with Crippen LogP contribution in [0.25, 0.3) is 11.2 Å². The van der Waals surface area contributed by atoms with E-state index in [2.05, 4.69) is 30.5 Å². The van der Waals surface area contributed by atoms with E-state index >= 15 is 0 Å². The van der Waals surface area contributed by atoms with Gasteiger partial charge in [0.05, 0.1) is 12.5 Å². The van der Waals surface area contributed by atoms with Gasteiger partial charge in [-0.15, -0.1) is 0 Å². The number of hydrogen-bond acceptors (Lipinski definition) is 6. The maximum Gasteiger partial charge on any atom is 0.276 e. The smallest absolute Gasteiger partial charge is 0.276 e. The third-order valence-corrected chi connectivity index (χ3v) is 2.57. The highest BCUT2D eigenvalue weighted by Gasteiger charge is 2.05. The Labute approximate surface area is 112 Å². The van der Waals surface area contributed by atoms with Gasteiger partial charge in [-0.1, -0.05) is 0 Å². The fourth-order valence-corrected chi connectivity index (χ4v) is 1.62. The molecule has 8 heteroatoms. The average Bonchev–Trinajstić information content (AvgIpc) is 2.85. The van der Waals surface area contributed by atoms with Gasteiger partial charge in [-0.2, -0.15) is 10.1 Å². The van der Waals surface area contributed by atoms with Crippen LogP contribution in [0.1, 0.15) is 5.56 Å². The number of fused-ring (bicyclic) bond motifs is 1. The molecule has 0 saturated carbocycles. The van der Waals surface area contributed by atoms with E-state index in [4.69, 9.17) is 5.11 Å². The number of phenolic OH excluding ortho intramolecular Hbond substituents is 1.